The quantitative estimate of drug-likeness (QED) is 0.686. The number of carboxylic acid groups (broad SMARTS) is 1. The van der Waals surface area contributed by atoms with Gasteiger partial charge in [-0.25, -0.2) is 9.59 Å². The number of benzene rings is 1. The fourth-order valence-corrected chi connectivity index (χ4v) is 2.98. The molecule has 1 aliphatic heterocycles. The van der Waals surface area contributed by atoms with Crippen molar-refractivity contribution in [2.45, 2.75) is 12.5 Å². The number of hydrogen-bond acceptors (Lipinski definition) is 8. The van der Waals surface area contributed by atoms with E-state index in [1.807, 2.05) is 12.1 Å². The van der Waals surface area contributed by atoms with Crippen LogP contribution in [0.15, 0.2) is 54.9 Å². The standard InChI is InChI=1S/C20H21N3O6/c1-15(24)20(18(25)26,28-17-5-3-2-4-6-17)19(27)29-23-13-11-22(12-14-23)16-7-9-21-10-8-16/h2-10H,11-14H2,1H3,(H,25,26). The number of aromatic nitrogens is 1. The van der Waals surface area contributed by atoms with Gasteiger partial charge in [0.05, 0.1) is 13.1 Å². The lowest BCUT2D eigenvalue weighted by molar-refractivity contribution is -0.211. The Bertz CT molecular complexity index is 852. The first-order valence-corrected chi connectivity index (χ1v) is 9.04. The minimum atomic E-state index is -2.77. The van der Waals surface area contributed by atoms with Gasteiger partial charge in [0.25, 0.3) is 0 Å². The van der Waals surface area contributed by atoms with Gasteiger partial charge in [-0.1, -0.05) is 18.2 Å². The number of carboxylic acids is 1. The highest BCUT2D eigenvalue weighted by atomic mass is 16.7. The maximum Gasteiger partial charge on any atom is 0.389 e. The zero-order valence-corrected chi connectivity index (χ0v) is 15.9. The minimum Gasteiger partial charge on any atom is -0.477 e. The van der Waals surface area contributed by atoms with Gasteiger partial charge in [0.1, 0.15) is 5.75 Å². The van der Waals surface area contributed by atoms with Gasteiger partial charge in [-0.05, 0) is 31.2 Å². The molecule has 0 saturated carbocycles. The van der Waals surface area contributed by atoms with Crippen molar-refractivity contribution < 1.29 is 29.1 Å². The van der Waals surface area contributed by atoms with E-state index in [2.05, 4.69) is 9.88 Å². The van der Waals surface area contributed by atoms with Gasteiger partial charge >= 0.3 is 17.5 Å². The number of nitrogens with zero attached hydrogens (tertiary/aromatic N) is 3. The monoisotopic (exact) mass is 399 g/mol. The molecule has 1 atom stereocenters. The lowest BCUT2D eigenvalue weighted by Crippen LogP contribution is -2.60. The molecule has 29 heavy (non-hydrogen) atoms. The zero-order chi connectivity index (χ0) is 20.9. The molecule has 1 saturated heterocycles. The lowest BCUT2D eigenvalue weighted by atomic mass is 9.99. The predicted octanol–water partition coefficient (Wildman–Crippen LogP) is 1.15. The molecule has 9 nitrogen and oxygen atoms in total. The second-order valence-corrected chi connectivity index (χ2v) is 6.46. The second-order valence-electron chi connectivity index (χ2n) is 6.46. The summed E-state index contributed by atoms with van der Waals surface area (Å²) in [6.45, 7) is 2.77. The van der Waals surface area contributed by atoms with Crippen molar-refractivity contribution in [3.63, 3.8) is 0 Å². The Morgan fingerprint density at radius 2 is 1.62 bits per heavy atom. The average molecular weight is 399 g/mol. The van der Waals surface area contributed by atoms with Gasteiger partial charge in [-0.3, -0.25) is 9.78 Å². The average Bonchev–Trinajstić information content (AvgIpc) is 2.73. The summed E-state index contributed by atoms with van der Waals surface area (Å²) in [5.41, 5.74) is -1.79. The maximum absolute atomic E-state index is 12.8. The molecule has 1 aromatic carbocycles. The van der Waals surface area contributed by atoms with Crippen molar-refractivity contribution in [1.29, 1.82) is 0 Å². The predicted molar refractivity (Wildman–Crippen MR) is 102 cm³/mol. The summed E-state index contributed by atoms with van der Waals surface area (Å²) >= 11 is 0. The van der Waals surface area contributed by atoms with Crippen molar-refractivity contribution in [2.24, 2.45) is 0 Å². The van der Waals surface area contributed by atoms with E-state index in [1.165, 1.54) is 17.2 Å². The molecule has 0 spiro atoms. The molecule has 9 heteroatoms. The number of hydrogen-bond donors (Lipinski definition) is 1. The number of Topliss-reactive ketones (excluding diaryl/α,β-unsaturated/α-hetero) is 1. The first-order chi connectivity index (χ1) is 13.9. The number of rotatable bonds is 7. The van der Waals surface area contributed by atoms with E-state index in [1.54, 1.807) is 30.6 Å². The van der Waals surface area contributed by atoms with Crippen LogP contribution in [-0.4, -0.2) is 64.7 Å². The minimum absolute atomic E-state index is 0.0737. The number of carbonyl (C=O) groups is 3. The van der Waals surface area contributed by atoms with E-state index in [9.17, 15) is 19.5 Å². The highest BCUT2D eigenvalue weighted by Crippen LogP contribution is 2.23. The van der Waals surface area contributed by atoms with Crippen LogP contribution in [0.25, 0.3) is 0 Å². The number of hydroxylamine groups is 2. The smallest absolute Gasteiger partial charge is 0.389 e. The van der Waals surface area contributed by atoms with Gasteiger partial charge < -0.3 is 19.6 Å². The molecule has 1 N–H and O–H groups in total. The van der Waals surface area contributed by atoms with Crippen molar-refractivity contribution >= 4 is 23.4 Å². The third kappa shape index (κ3) is 4.35. The number of ether oxygens (including phenoxy) is 1. The SMILES string of the molecule is CC(=O)C(Oc1ccccc1)(C(=O)O)C(=O)ON1CCN(c2ccncc2)CC1. The first kappa shape index (κ1) is 20.3. The highest BCUT2D eigenvalue weighted by Gasteiger charge is 2.57. The summed E-state index contributed by atoms with van der Waals surface area (Å²) in [7, 11) is 0. The van der Waals surface area contributed by atoms with Gasteiger partial charge in [-0.2, -0.15) is 0 Å². The zero-order valence-electron chi connectivity index (χ0n) is 15.9. The molecule has 1 unspecified atom stereocenters. The topological polar surface area (TPSA) is 109 Å². The molecule has 0 amide bonds. The van der Waals surface area contributed by atoms with E-state index in [-0.39, 0.29) is 5.75 Å². The summed E-state index contributed by atoms with van der Waals surface area (Å²) in [4.78, 5) is 48.2. The largest absolute Gasteiger partial charge is 0.477 e. The van der Waals surface area contributed by atoms with Crippen molar-refractivity contribution in [1.82, 2.24) is 10.0 Å². The number of ketones is 1. The summed E-state index contributed by atoms with van der Waals surface area (Å²) in [6.07, 6.45) is 3.38. The van der Waals surface area contributed by atoms with Crippen LogP contribution >= 0.6 is 0 Å². The Labute approximate surface area is 167 Å². The molecule has 1 fully saturated rings. The molecular formula is C20H21N3O6. The fraction of sp³-hybridized carbons (Fsp3) is 0.300. The van der Waals surface area contributed by atoms with Crippen molar-refractivity contribution in [2.75, 3.05) is 31.1 Å². The molecule has 1 aromatic heterocycles. The van der Waals surface area contributed by atoms with Crippen LogP contribution in [0.3, 0.4) is 0 Å². The Balaban J connectivity index is 1.71. The number of para-hydroxylation sites is 1. The third-order valence-electron chi connectivity index (χ3n) is 4.58. The van der Waals surface area contributed by atoms with Crippen LogP contribution < -0.4 is 9.64 Å². The van der Waals surface area contributed by atoms with E-state index < -0.39 is 23.3 Å². The second kappa shape index (κ2) is 8.70. The van der Waals surface area contributed by atoms with Crippen molar-refractivity contribution in [3.05, 3.63) is 54.9 Å². The molecule has 0 aliphatic carbocycles. The molecule has 3 rings (SSSR count). The van der Waals surface area contributed by atoms with Crippen LogP contribution in [0.2, 0.25) is 0 Å². The molecule has 152 valence electrons. The summed E-state index contributed by atoms with van der Waals surface area (Å²) < 4.78 is 5.35. The summed E-state index contributed by atoms with van der Waals surface area (Å²) in [5.74, 6) is -3.91. The van der Waals surface area contributed by atoms with E-state index in [0.717, 1.165) is 12.6 Å². The van der Waals surface area contributed by atoms with Crippen LogP contribution in [-0.2, 0) is 19.2 Å². The Kier molecular flexibility index (Phi) is 6.08. The molecular weight excluding hydrogens is 378 g/mol. The Morgan fingerprint density at radius 3 is 2.17 bits per heavy atom. The maximum atomic E-state index is 12.8. The summed E-state index contributed by atoms with van der Waals surface area (Å²) in [6, 6.07) is 11.6. The van der Waals surface area contributed by atoms with E-state index in [4.69, 9.17) is 9.57 Å². The van der Waals surface area contributed by atoms with Crippen LogP contribution in [0.1, 0.15) is 6.92 Å². The number of aliphatic carboxylic acids is 1. The first-order valence-electron chi connectivity index (χ1n) is 9.04. The molecule has 2 aromatic rings. The Hall–Kier alpha value is -3.46. The van der Waals surface area contributed by atoms with Gasteiger partial charge in [0.2, 0.25) is 0 Å². The van der Waals surface area contributed by atoms with Crippen LogP contribution in [0.5, 0.6) is 5.75 Å². The number of anilines is 1. The molecule has 1 aliphatic rings. The molecule has 0 bridgehead atoms. The number of piperazine rings is 1. The van der Waals surface area contributed by atoms with Gasteiger partial charge in [-0.15, -0.1) is 5.06 Å². The van der Waals surface area contributed by atoms with E-state index >= 15 is 0 Å². The number of pyridine rings is 1. The van der Waals surface area contributed by atoms with Crippen LogP contribution in [0, 0.1) is 0 Å². The van der Waals surface area contributed by atoms with Crippen LogP contribution in [0.4, 0.5) is 5.69 Å². The fourth-order valence-electron chi connectivity index (χ4n) is 2.98. The lowest BCUT2D eigenvalue weighted by Gasteiger charge is -2.36. The summed E-state index contributed by atoms with van der Waals surface area (Å²) in [5, 5.41) is 11.0. The van der Waals surface area contributed by atoms with Gasteiger partial charge in [0, 0.05) is 31.2 Å². The Morgan fingerprint density at radius 1 is 1.00 bits per heavy atom. The molecule has 0 radical (unpaired) electrons. The number of carbonyl (C=O) groups excluding carboxylic acids is 2. The van der Waals surface area contributed by atoms with E-state index in [0.29, 0.717) is 26.2 Å². The van der Waals surface area contributed by atoms with Gasteiger partial charge in [0.15, 0.2) is 5.78 Å². The normalized spacial score (nSPS) is 16.5. The highest BCUT2D eigenvalue weighted by molar-refractivity contribution is 6.23. The third-order valence-corrected chi connectivity index (χ3v) is 4.58. The van der Waals surface area contributed by atoms with Crippen molar-refractivity contribution in [3.8, 4) is 5.75 Å². The molecule has 2 heterocycles.